The zero-order valence-electron chi connectivity index (χ0n) is 18.1. The first-order chi connectivity index (χ1) is 15.9. The van der Waals surface area contributed by atoms with Crippen LogP contribution in [-0.4, -0.2) is 59.1 Å². The second-order valence-electron chi connectivity index (χ2n) is 7.92. The fourth-order valence-electron chi connectivity index (χ4n) is 3.74. The first-order valence-electron chi connectivity index (χ1n) is 10.6. The lowest BCUT2D eigenvalue weighted by Gasteiger charge is -2.36. The third-order valence-electron chi connectivity index (χ3n) is 5.30. The van der Waals surface area contributed by atoms with Crippen molar-refractivity contribution < 1.29 is 14.3 Å². The molecule has 33 heavy (non-hydrogen) atoms. The number of hydrazine groups is 1. The predicted molar refractivity (Wildman–Crippen MR) is 127 cm³/mol. The molecule has 0 aliphatic carbocycles. The van der Waals surface area contributed by atoms with Gasteiger partial charge in [-0.2, -0.15) is 0 Å². The van der Waals surface area contributed by atoms with Crippen LogP contribution in [0.1, 0.15) is 12.5 Å². The summed E-state index contributed by atoms with van der Waals surface area (Å²) in [6.07, 6.45) is 3.00. The van der Waals surface area contributed by atoms with Crippen molar-refractivity contribution in [1.29, 1.82) is 0 Å². The Kier molecular flexibility index (Phi) is 7.39. The lowest BCUT2D eigenvalue weighted by atomic mass is 10.2. The summed E-state index contributed by atoms with van der Waals surface area (Å²) in [6, 6.07) is 12.7. The van der Waals surface area contributed by atoms with E-state index in [-0.39, 0.29) is 18.1 Å². The van der Waals surface area contributed by atoms with E-state index in [1.54, 1.807) is 35.4 Å². The van der Waals surface area contributed by atoms with E-state index in [9.17, 15) is 9.59 Å². The number of piperazine rings is 1. The van der Waals surface area contributed by atoms with Gasteiger partial charge in [-0.1, -0.05) is 23.2 Å². The maximum absolute atomic E-state index is 12.7. The Bertz CT molecular complexity index is 1040. The van der Waals surface area contributed by atoms with Gasteiger partial charge in [-0.3, -0.25) is 9.69 Å². The van der Waals surface area contributed by atoms with Crippen LogP contribution in [0.15, 0.2) is 54.7 Å². The van der Waals surface area contributed by atoms with Crippen molar-refractivity contribution in [2.75, 3.05) is 26.2 Å². The fourth-order valence-corrected chi connectivity index (χ4v) is 4.12. The molecule has 174 valence electrons. The van der Waals surface area contributed by atoms with Crippen LogP contribution in [0.5, 0.6) is 11.5 Å². The van der Waals surface area contributed by atoms with Gasteiger partial charge in [0.15, 0.2) is 0 Å². The molecule has 1 saturated heterocycles. The summed E-state index contributed by atoms with van der Waals surface area (Å²) in [5, 5.41) is 5.37. The maximum atomic E-state index is 12.7. The fraction of sp³-hybridized carbons (Fsp3) is 0.304. The molecule has 2 N–H and O–H groups in total. The maximum Gasteiger partial charge on any atom is 0.338 e. The molecule has 3 amide bonds. The number of amides is 3. The van der Waals surface area contributed by atoms with E-state index >= 15 is 0 Å². The van der Waals surface area contributed by atoms with Gasteiger partial charge in [-0.25, -0.2) is 15.2 Å². The van der Waals surface area contributed by atoms with Gasteiger partial charge < -0.3 is 15.0 Å². The lowest BCUT2D eigenvalue weighted by molar-refractivity contribution is -0.119. The highest BCUT2D eigenvalue weighted by Gasteiger charge is 2.28. The van der Waals surface area contributed by atoms with Gasteiger partial charge in [0, 0.05) is 55.9 Å². The van der Waals surface area contributed by atoms with Crippen molar-refractivity contribution in [3.05, 3.63) is 70.3 Å². The molecule has 4 rings (SSSR count). The number of hydrogen-bond acceptors (Lipinski definition) is 5. The Morgan fingerprint density at radius 3 is 2.45 bits per heavy atom. The quantitative estimate of drug-likeness (QED) is 0.667. The number of halogens is 2. The van der Waals surface area contributed by atoms with Gasteiger partial charge in [0.25, 0.3) is 0 Å². The summed E-state index contributed by atoms with van der Waals surface area (Å²) in [5.41, 5.74) is 3.99. The largest absolute Gasteiger partial charge is 0.457 e. The molecule has 0 spiro atoms. The van der Waals surface area contributed by atoms with Crippen molar-refractivity contribution in [2.45, 2.75) is 19.6 Å². The summed E-state index contributed by atoms with van der Waals surface area (Å²) in [4.78, 5) is 28.0. The van der Waals surface area contributed by atoms with Crippen molar-refractivity contribution in [2.24, 2.45) is 0 Å². The van der Waals surface area contributed by atoms with Crippen LogP contribution < -0.4 is 15.5 Å². The number of rotatable bonds is 5. The number of carbonyl (C=O) groups is 2. The highest BCUT2D eigenvalue weighted by Crippen LogP contribution is 2.28. The minimum Gasteiger partial charge on any atom is -0.457 e. The molecular formula is C23H25Cl2N5O3. The average molecular weight is 490 g/mol. The van der Waals surface area contributed by atoms with Gasteiger partial charge in [0.2, 0.25) is 5.91 Å². The second kappa shape index (κ2) is 10.4. The highest BCUT2D eigenvalue weighted by molar-refractivity contribution is 6.31. The Morgan fingerprint density at radius 2 is 1.76 bits per heavy atom. The third kappa shape index (κ3) is 6.39. The van der Waals surface area contributed by atoms with Gasteiger partial charge >= 0.3 is 6.03 Å². The molecule has 2 aromatic carbocycles. The van der Waals surface area contributed by atoms with E-state index in [0.29, 0.717) is 41.2 Å². The van der Waals surface area contributed by atoms with Crippen LogP contribution in [0.3, 0.4) is 0 Å². The number of carbonyl (C=O) groups excluding carboxylic acids is 2. The van der Waals surface area contributed by atoms with Crippen LogP contribution in [0.25, 0.3) is 0 Å². The van der Waals surface area contributed by atoms with Crippen molar-refractivity contribution in [1.82, 2.24) is 25.6 Å². The Hall–Kier alpha value is -2.78. The molecular weight excluding hydrogens is 465 g/mol. The van der Waals surface area contributed by atoms with Gasteiger partial charge in [0.05, 0.1) is 0 Å². The van der Waals surface area contributed by atoms with Crippen LogP contribution in [-0.2, 0) is 11.3 Å². The van der Waals surface area contributed by atoms with Gasteiger partial charge in [0.1, 0.15) is 17.7 Å². The Balaban J connectivity index is 1.29. The van der Waals surface area contributed by atoms with E-state index in [1.807, 2.05) is 24.3 Å². The predicted octanol–water partition coefficient (Wildman–Crippen LogP) is 3.82. The van der Waals surface area contributed by atoms with Crippen molar-refractivity contribution >= 4 is 35.1 Å². The molecule has 2 aromatic rings. The van der Waals surface area contributed by atoms with E-state index in [4.69, 9.17) is 27.9 Å². The van der Waals surface area contributed by atoms with Crippen LogP contribution in [0.2, 0.25) is 10.0 Å². The second-order valence-corrected chi connectivity index (χ2v) is 8.79. The molecule has 0 radical (unpaired) electrons. The molecule has 1 unspecified atom stereocenters. The van der Waals surface area contributed by atoms with Crippen molar-refractivity contribution in [3.8, 4) is 11.5 Å². The highest BCUT2D eigenvalue weighted by atomic mass is 35.5. The normalized spacial score (nSPS) is 18.5. The SMILES string of the molecule is CC(=O)NC1C=CN(C(=O)N2CCN(Cc3cc(Cl)cc(Oc4ccc(Cl)cc4)c3)CC2)N1. The van der Waals surface area contributed by atoms with E-state index in [1.165, 1.54) is 11.9 Å². The van der Waals surface area contributed by atoms with Crippen LogP contribution in [0, 0.1) is 0 Å². The number of nitrogens with zero attached hydrogens (tertiary/aromatic N) is 3. The Morgan fingerprint density at radius 1 is 1.03 bits per heavy atom. The molecule has 8 nitrogen and oxygen atoms in total. The van der Waals surface area contributed by atoms with Gasteiger partial charge in [-0.15, -0.1) is 0 Å². The summed E-state index contributed by atoms with van der Waals surface area (Å²) in [7, 11) is 0. The van der Waals surface area contributed by atoms with Crippen molar-refractivity contribution in [3.63, 3.8) is 0 Å². The number of nitrogens with one attached hydrogen (secondary N) is 2. The molecule has 2 heterocycles. The molecule has 0 aromatic heterocycles. The van der Waals surface area contributed by atoms with Crippen LogP contribution in [0.4, 0.5) is 4.79 Å². The molecule has 1 atom stereocenters. The van der Waals surface area contributed by atoms with E-state index in [2.05, 4.69) is 15.6 Å². The standard InChI is InChI=1S/C23H25Cl2N5O3/c1-16(31)26-22-6-7-30(27-22)23(32)29-10-8-28(9-11-29)15-17-12-19(25)14-21(13-17)33-20-4-2-18(24)3-5-20/h2-7,12-14,22,27H,8-11,15H2,1H3,(H,26,31). The summed E-state index contributed by atoms with van der Waals surface area (Å²) in [6.45, 7) is 4.81. The molecule has 10 heteroatoms. The molecule has 2 aliphatic heterocycles. The third-order valence-corrected chi connectivity index (χ3v) is 5.77. The summed E-state index contributed by atoms with van der Waals surface area (Å²) in [5.74, 6) is 1.18. The number of benzene rings is 2. The number of urea groups is 1. The zero-order chi connectivity index (χ0) is 23.4. The summed E-state index contributed by atoms with van der Waals surface area (Å²) < 4.78 is 5.92. The summed E-state index contributed by atoms with van der Waals surface area (Å²) >= 11 is 12.3. The molecule has 0 bridgehead atoms. The number of ether oxygens (including phenoxy) is 1. The first kappa shape index (κ1) is 23.4. The number of hydrogen-bond donors (Lipinski definition) is 2. The minimum absolute atomic E-state index is 0.139. The topological polar surface area (TPSA) is 77.2 Å². The zero-order valence-corrected chi connectivity index (χ0v) is 19.6. The van der Waals surface area contributed by atoms with Gasteiger partial charge in [-0.05, 0) is 54.1 Å². The first-order valence-corrected chi connectivity index (χ1v) is 11.4. The minimum atomic E-state index is -0.375. The molecule has 2 aliphatic rings. The molecule has 1 fully saturated rings. The van der Waals surface area contributed by atoms with E-state index in [0.717, 1.165) is 18.7 Å². The van der Waals surface area contributed by atoms with Crippen LogP contribution >= 0.6 is 23.2 Å². The smallest absolute Gasteiger partial charge is 0.338 e. The van der Waals surface area contributed by atoms with E-state index < -0.39 is 0 Å². The monoisotopic (exact) mass is 489 g/mol. The Labute approximate surface area is 202 Å². The average Bonchev–Trinajstić information content (AvgIpc) is 3.23. The lowest BCUT2D eigenvalue weighted by Crippen LogP contribution is -2.55. The molecule has 0 saturated carbocycles.